The van der Waals surface area contributed by atoms with Crippen molar-refractivity contribution in [3.8, 4) is 11.3 Å². The van der Waals surface area contributed by atoms with Gasteiger partial charge in [0.2, 0.25) is 11.7 Å². The minimum absolute atomic E-state index is 0. The zero-order valence-corrected chi connectivity index (χ0v) is 21.1. The van der Waals surface area contributed by atoms with Crippen LogP contribution in [-0.2, 0) is 30.5 Å². The predicted molar refractivity (Wildman–Crippen MR) is 128 cm³/mol. The maximum absolute atomic E-state index is 13.9. The molecule has 5 nitrogen and oxygen atoms in total. The van der Waals surface area contributed by atoms with Gasteiger partial charge in [-0.3, -0.25) is 4.79 Å². The average molecular weight is 588 g/mol. The first kappa shape index (κ1) is 29.1. The van der Waals surface area contributed by atoms with Gasteiger partial charge in [-0.25, -0.2) is 18.2 Å². The van der Waals surface area contributed by atoms with E-state index in [1.165, 1.54) is 23.1 Å². The minimum Gasteiger partial charge on any atom is -0.335 e. The van der Waals surface area contributed by atoms with E-state index in [-0.39, 0.29) is 77.4 Å². The SMILES string of the molecule is Cl.N[C@@H](CC(=O)N1CCn2c(C(F)(F)F)nc(-c3cccc(Cl)c3Cl)c2C1)Cc1cc(F)c(F)cc1F. The average Bonchev–Trinajstić information content (AvgIpc) is 3.18. The van der Waals surface area contributed by atoms with E-state index in [9.17, 15) is 31.1 Å². The summed E-state index contributed by atoms with van der Waals surface area (Å²) >= 11 is 12.3. The van der Waals surface area contributed by atoms with E-state index in [2.05, 4.69) is 4.98 Å². The summed E-state index contributed by atoms with van der Waals surface area (Å²) in [6, 6.07) is 4.60. The molecule has 3 aromatic rings. The Bertz CT molecular complexity index is 1330. The van der Waals surface area contributed by atoms with Gasteiger partial charge in [0.1, 0.15) is 5.82 Å². The van der Waals surface area contributed by atoms with E-state index >= 15 is 0 Å². The maximum Gasteiger partial charge on any atom is 0.449 e. The van der Waals surface area contributed by atoms with Crippen LogP contribution in [0.25, 0.3) is 11.3 Å². The van der Waals surface area contributed by atoms with Crippen LogP contribution in [0.2, 0.25) is 10.0 Å². The van der Waals surface area contributed by atoms with Crippen molar-refractivity contribution in [2.24, 2.45) is 5.73 Å². The Hall–Kier alpha value is -2.47. The Morgan fingerprint density at radius 3 is 2.43 bits per heavy atom. The molecule has 0 saturated carbocycles. The second kappa shape index (κ2) is 11.1. The number of hydrogen-bond donors (Lipinski definition) is 1. The Kier molecular flexibility index (Phi) is 8.73. The lowest BCUT2D eigenvalue weighted by atomic mass is 10.0. The molecule has 0 fully saturated rings. The molecule has 1 amide bonds. The highest BCUT2D eigenvalue weighted by Crippen LogP contribution is 2.39. The monoisotopic (exact) mass is 586 g/mol. The third-order valence-corrected chi connectivity index (χ3v) is 6.65. The number of benzene rings is 2. The van der Waals surface area contributed by atoms with Crippen LogP contribution in [0.3, 0.4) is 0 Å². The van der Waals surface area contributed by atoms with Gasteiger partial charge in [-0.15, -0.1) is 12.4 Å². The number of nitrogens with zero attached hydrogens (tertiary/aromatic N) is 3. The molecule has 0 unspecified atom stereocenters. The van der Waals surface area contributed by atoms with Crippen molar-refractivity contribution in [1.29, 1.82) is 0 Å². The topological polar surface area (TPSA) is 64.2 Å². The third-order valence-electron chi connectivity index (χ3n) is 5.83. The van der Waals surface area contributed by atoms with Crippen LogP contribution in [0.1, 0.15) is 23.5 Å². The number of amides is 1. The van der Waals surface area contributed by atoms with Crippen LogP contribution < -0.4 is 5.73 Å². The van der Waals surface area contributed by atoms with Crippen LogP contribution in [0.5, 0.6) is 0 Å². The van der Waals surface area contributed by atoms with E-state index in [4.69, 9.17) is 28.9 Å². The zero-order chi connectivity index (χ0) is 26.4. The summed E-state index contributed by atoms with van der Waals surface area (Å²) in [6.45, 7) is -0.458. The number of aromatic nitrogens is 2. The van der Waals surface area contributed by atoms with Gasteiger partial charge in [-0.1, -0.05) is 35.3 Å². The van der Waals surface area contributed by atoms with E-state index in [0.29, 0.717) is 12.1 Å². The minimum atomic E-state index is -4.75. The molecule has 0 saturated heterocycles. The fourth-order valence-corrected chi connectivity index (χ4v) is 4.52. The first-order chi connectivity index (χ1) is 16.9. The molecule has 37 heavy (non-hydrogen) atoms. The van der Waals surface area contributed by atoms with Crippen LogP contribution in [0, 0.1) is 17.5 Å². The van der Waals surface area contributed by atoms with Crippen molar-refractivity contribution in [3.63, 3.8) is 0 Å². The number of hydrogen-bond acceptors (Lipinski definition) is 3. The van der Waals surface area contributed by atoms with Crippen LogP contribution in [0.15, 0.2) is 30.3 Å². The molecule has 2 heterocycles. The molecule has 200 valence electrons. The molecule has 1 aliphatic heterocycles. The highest BCUT2D eigenvalue weighted by molar-refractivity contribution is 6.43. The molecule has 1 aliphatic rings. The van der Waals surface area contributed by atoms with Gasteiger partial charge in [-0.05, 0) is 24.1 Å². The summed E-state index contributed by atoms with van der Waals surface area (Å²) in [7, 11) is 0. The largest absolute Gasteiger partial charge is 0.449 e. The van der Waals surface area contributed by atoms with E-state index in [0.717, 1.165) is 4.57 Å². The van der Waals surface area contributed by atoms with Crippen molar-refractivity contribution in [2.45, 2.75) is 38.1 Å². The summed E-state index contributed by atoms with van der Waals surface area (Å²) in [6.07, 6.45) is -5.30. The number of carbonyl (C=O) groups excluding carboxylic acids is 1. The summed E-state index contributed by atoms with van der Waals surface area (Å²) < 4.78 is 82.6. The van der Waals surface area contributed by atoms with Gasteiger partial charge in [-0.2, -0.15) is 13.2 Å². The van der Waals surface area contributed by atoms with Crippen LogP contribution >= 0.6 is 35.6 Å². The van der Waals surface area contributed by atoms with Gasteiger partial charge in [0.15, 0.2) is 11.6 Å². The Balaban J connectivity index is 0.00000380. The molecule has 1 aromatic heterocycles. The van der Waals surface area contributed by atoms with Gasteiger partial charge in [0.25, 0.3) is 0 Å². The molecule has 0 aliphatic carbocycles. The summed E-state index contributed by atoms with van der Waals surface area (Å²) in [5.74, 6) is -5.22. The van der Waals surface area contributed by atoms with Crippen molar-refractivity contribution in [1.82, 2.24) is 14.5 Å². The van der Waals surface area contributed by atoms with Crippen molar-refractivity contribution in [3.05, 3.63) is 74.9 Å². The fourth-order valence-electron chi connectivity index (χ4n) is 4.13. The standard InChI is InChI=1S/C23H18Cl2F6N4O.ClH/c24-14-3-1-2-13(20(14)25)21-18-10-34(4-5-35(18)22(33-21)23(29,30)31)19(36)8-12(32)6-11-7-16(27)17(28)9-15(11)26;/h1-3,7,9,12H,4-6,8,10,32H2;1H/t12-;/m1./s1. The Morgan fingerprint density at radius 2 is 1.76 bits per heavy atom. The third kappa shape index (κ3) is 6.00. The van der Waals surface area contributed by atoms with Gasteiger partial charge >= 0.3 is 6.18 Å². The fraction of sp³-hybridized carbons (Fsp3) is 0.304. The van der Waals surface area contributed by atoms with E-state index in [1.54, 1.807) is 0 Å². The zero-order valence-electron chi connectivity index (χ0n) is 18.8. The summed E-state index contributed by atoms with van der Waals surface area (Å²) in [5.41, 5.74) is 6.00. The maximum atomic E-state index is 13.9. The number of fused-ring (bicyclic) bond motifs is 1. The highest BCUT2D eigenvalue weighted by Gasteiger charge is 2.41. The van der Waals surface area contributed by atoms with Crippen molar-refractivity contribution >= 4 is 41.5 Å². The molecule has 0 radical (unpaired) electrons. The molecule has 4 rings (SSSR count). The van der Waals surface area contributed by atoms with Gasteiger partial charge in [0.05, 0.1) is 28.0 Å². The number of imidazole rings is 1. The lowest BCUT2D eigenvalue weighted by Gasteiger charge is -2.30. The highest BCUT2D eigenvalue weighted by atomic mass is 35.5. The lowest BCUT2D eigenvalue weighted by molar-refractivity contribution is -0.148. The Morgan fingerprint density at radius 1 is 1.08 bits per heavy atom. The first-order valence-electron chi connectivity index (χ1n) is 10.6. The molecular formula is C23H19Cl3F6N4O. The quantitative estimate of drug-likeness (QED) is 0.294. The number of alkyl halides is 3. The number of rotatable bonds is 5. The summed E-state index contributed by atoms with van der Waals surface area (Å²) in [5, 5.41) is 0.150. The van der Waals surface area contributed by atoms with E-state index in [1.807, 2.05) is 0 Å². The second-order valence-corrected chi connectivity index (χ2v) is 9.11. The van der Waals surface area contributed by atoms with Crippen molar-refractivity contribution in [2.75, 3.05) is 6.54 Å². The smallest absolute Gasteiger partial charge is 0.335 e. The second-order valence-electron chi connectivity index (χ2n) is 8.32. The predicted octanol–water partition coefficient (Wildman–Crippen LogP) is 6.02. The molecule has 0 spiro atoms. The normalized spacial score (nSPS) is 14.2. The first-order valence-corrected chi connectivity index (χ1v) is 11.4. The number of halogens is 9. The van der Waals surface area contributed by atoms with Gasteiger partial charge in [0, 0.05) is 37.2 Å². The molecule has 2 aromatic carbocycles. The molecular weight excluding hydrogens is 569 g/mol. The van der Waals surface area contributed by atoms with Crippen molar-refractivity contribution < 1.29 is 31.1 Å². The van der Waals surface area contributed by atoms with E-state index < -0.39 is 41.4 Å². The summed E-state index contributed by atoms with van der Waals surface area (Å²) in [4.78, 5) is 18.0. The Labute approximate surface area is 223 Å². The van der Waals surface area contributed by atoms with Gasteiger partial charge < -0.3 is 15.2 Å². The molecule has 2 N–H and O–H groups in total. The molecule has 0 bridgehead atoms. The van der Waals surface area contributed by atoms with Crippen LogP contribution in [-0.4, -0.2) is 32.9 Å². The molecule has 14 heteroatoms. The number of nitrogens with two attached hydrogens (primary N) is 1. The lowest BCUT2D eigenvalue weighted by Crippen LogP contribution is -2.42. The molecule has 1 atom stereocenters. The van der Waals surface area contributed by atoms with Crippen LogP contribution in [0.4, 0.5) is 26.3 Å². The number of carbonyl (C=O) groups is 1.